The first-order valence-corrected chi connectivity index (χ1v) is 10.9. The van der Waals surface area contributed by atoms with Gasteiger partial charge in [-0.1, -0.05) is 59.6 Å². The van der Waals surface area contributed by atoms with Crippen molar-refractivity contribution in [1.82, 2.24) is 9.78 Å². The van der Waals surface area contributed by atoms with E-state index in [-0.39, 0.29) is 4.90 Å². The summed E-state index contributed by atoms with van der Waals surface area (Å²) < 4.78 is 25.9. The Morgan fingerprint density at radius 3 is 1.93 bits per heavy atom. The number of halogens is 2. The zero-order chi connectivity index (χ0) is 20.6. The molecule has 5 nitrogen and oxygen atoms in total. The van der Waals surface area contributed by atoms with Crippen LogP contribution in [0.5, 0.6) is 0 Å². The molecule has 0 aliphatic rings. The van der Waals surface area contributed by atoms with E-state index in [0.717, 1.165) is 11.1 Å². The number of sulfonamides is 1. The number of aromatic nitrogens is 2. The summed E-state index contributed by atoms with van der Waals surface area (Å²) in [4.78, 5) is -0.0130. The van der Waals surface area contributed by atoms with Crippen molar-refractivity contribution in [2.45, 2.75) is 4.90 Å². The molecule has 146 valence electrons. The van der Waals surface area contributed by atoms with Gasteiger partial charge in [0.1, 0.15) is 4.90 Å². The molecule has 0 aliphatic heterocycles. The molecular formula is C21H15Cl2N3O2S. The van der Waals surface area contributed by atoms with E-state index in [1.807, 2.05) is 30.3 Å². The Hall–Kier alpha value is -2.64. The van der Waals surface area contributed by atoms with Crippen LogP contribution in [0.15, 0.2) is 83.8 Å². The number of nitrogens with two attached hydrogens (primary N) is 1. The van der Waals surface area contributed by atoms with E-state index >= 15 is 0 Å². The number of rotatable bonds is 4. The molecule has 0 bridgehead atoms. The average Bonchev–Trinajstić information content (AvgIpc) is 3.14. The molecule has 0 amide bonds. The van der Waals surface area contributed by atoms with Gasteiger partial charge in [0.15, 0.2) is 0 Å². The zero-order valence-electron chi connectivity index (χ0n) is 15.0. The SMILES string of the molecule is NS(=O)(=O)c1ccccc1-n1nc(-c2ccc(Cl)cc2)cc1-c1ccc(Cl)cc1. The number of nitrogens with zero attached hydrogens (tertiary/aromatic N) is 2. The minimum Gasteiger partial charge on any atom is -0.231 e. The number of hydrogen-bond acceptors (Lipinski definition) is 3. The first kappa shape index (κ1) is 19.7. The van der Waals surface area contributed by atoms with Crippen molar-refractivity contribution < 1.29 is 8.42 Å². The van der Waals surface area contributed by atoms with Gasteiger partial charge in [0.2, 0.25) is 10.0 Å². The summed E-state index contributed by atoms with van der Waals surface area (Å²) >= 11 is 12.0. The van der Waals surface area contributed by atoms with Crippen molar-refractivity contribution in [3.63, 3.8) is 0 Å². The molecule has 4 rings (SSSR count). The highest BCUT2D eigenvalue weighted by atomic mass is 35.5. The highest BCUT2D eigenvalue weighted by molar-refractivity contribution is 7.89. The van der Waals surface area contributed by atoms with Crippen LogP contribution in [0.1, 0.15) is 0 Å². The van der Waals surface area contributed by atoms with Gasteiger partial charge in [-0.3, -0.25) is 0 Å². The van der Waals surface area contributed by atoms with Crippen molar-refractivity contribution in [3.05, 3.63) is 88.9 Å². The lowest BCUT2D eigenvalue weighted by Crippen LogP contribution is -2.16. The van der Waals surface area contributed by atoms with Crippen LogP contribution in [0.2, 0.25) is 10.0 Å². The molecule has 0 saturated heterocycles. The highest BCUT2D eigenvalue weighted by Gasteiger charge is 2.20. The van der Waals surface area contributed by atoms with Gasteiger partial charge in [-0.15, -0.1) is 0 Å². The third-order valence-corrected chi connectivity index (χ3v) is 5.85. The van der Waals surface area contributed by atoms with Crippen LogP contribution in [0.25, 0.3) is 28.2 Å². The number of primary sulfonamides is 1. The molecule has 1 aromatic heterocycles. The zero-order valence-corrected chi connectivity index (χ0v) is 17.3. The Balaban J connectivity index is 1.98. The van der Waals surface area contributed by atoms with Crippen molar-refractivity contribution >= 4 is 33.2 Å². The topological polar surface area (TPSA) is 78.0 Å². The predicted octanol–water partition coefficient (Wildman–Crippen LogP) is 5.16. The fraction of sp³-hybridized carbons (Fsp3) is 0. The van der Waals surface area contributed by atoms with E-state index in [0.29, 0.717) is 27.1 Å². The Morgan fingerprint density at radius 2 is 1.34 bits per heavy atom. The van der Waals surface area contributed by atoms with Gasteiger partial charge in [-0.25, -0.2) is 18.2 Å². The summed E-state index contributed by atoms with van der Waals surface area (Å²) in [5.41, 5.74) is 3.39. The van der Waals surface area contributed by atoms with Crippen molar-refractivity contribution in [2.24, 2.45) is 5.14 Å². The molecule has 0 fully saturated rings. The number of para-hydroxylation sites is 1. The second-order valence-corrected chi connectivity index (χ2v) is 8.76. The molecule has 0 unspecified atom stereocenters. The van der Waals surface area contributed by atoms with Gasteiger partial charge in [0.05, 0.1) is 17.1 Å². The fourth-order valence-corrected chi connectivity index (χ4v) is 3.99. The van der Waals surface area contributed by atoms with Crippen LogP contribution < -0.4 is 5.14 Å². The van der Waals surface area contributed by atoms with Crippen LogP contribution in [0.4, 0.5) is 0 Å². The van der Waals surface area contributed by atoms with Crippen LogP contribution in [-0.4, -0.2) is 18.2 Å². The van der Waals surface area contributed by atoms with Crippen LogP contribution >= 0.6 is 23.2 Å². The lowest BCUT2D eigenvalue weighted by molar-refractivity contribution is 0.596. The lowest BCUT2D eigenvalue weighted by atomic mass is 10.1. The van der Waals surface area contributed by atoms with Crippen molar-refractivity contribution in [2.75, 3.05) is 0 Å². The molecule has 3 aromatic carbocycles. The summed E-state index contributed by atoms with van der Waals surface area (Å²) in [5.74, 6) is 0. The molecule has 4 aromatic rings. The highest BCUT2D eigenvalue weighted by Crippen LogP contribution is 2.31. The Bertz CT molecular complexity index is 1280. The lowest BCUT2D eigenvalue weighted by Gasteiger charge is -2.11. The standard InChI is InChI=1S/C21H15Cl2N3O2S/c22-16-9-5-14(6-10-16)18-13-20(15-7-11-17(23)12-8-15)26(25-18)19-3-1-2-4-21(19)29(24,27)28/h1-13H,(H2,24,27,28). The van der Waals surface area contributed by atoms with E-state index in [9.17, 15) is 8.42 Å². The molecule has 0 saturated carbocycles. The molecule has 0 atom stereocenters. The summed E-state index contributed by atoms with van der Waals surface area (Å²) in [6.45, 7) is 0. The molecule has 0 aliphatic carbocycles. The average molecular weight is 444 g/mol. The van der Waals surface area contributed by atoms with Gasteiger partial charge in [-0.05, 0) is 42.5 Å². The van der Waals surface area contributed by atoms with E-state index in [4.69, 9.17) is 28.3 Å². The van der Waals surface area contributed by atoms with E-state index in [1.165, 1.54) is 6.07 Å². The summed E-state index contributed by atoms with van der Waals surface area (Å²) in [6, 6.07) is 22.8. The second kappa shape index (κ2) is 7.65. The van der Waals surface area contributed by atoms with E-state index < -0.39 is 10.0 Å². The van der Waals surface area contributed by atoms with E-state index in [2.05, 4.69) is 5.10 Å². The second-order valence-electron chi connectivity index (χ2n) is 6.35. The first-order valence-electron chi connectivity index (χ1n) is 8.57. The summed E-state index contributed by atoms with van der Waals surface area (Å²) in [5, 5.41) is 11.3. The number of hydrogen-bond donors (Lipinski definition) is 1. The summed E-state index contributed by atoms with van der Waals surface area (Å²) in [7, 11) is -3.95. The number of benzene rings is 3. The molecule has 2 N–H and O–H groups in total. The maximum absolute atomic E-state index is 12.1. The molecule has 29 heavy (non-hydrogen) atoms. The minimum absolute atomic E-state index is 0.0130. The third kappa shape index (κ3) is 4.06. The normalized spacial score (nSPS) is 11.6. The van der Waals surface area contributed by atoms with Crippen LogP contribution in [0, 0.1) is 0 Å². The van der Waals surface area contributed by atoms with E-state index in [1.54, 1.807) is 47.1 Å². The summed E-state index contributed by atoms with van der Waals surface area (Å²) in [6.07, 6.45) is 0. The fourth-order valence-electron chi connectivity index (χ4n) is 3.03. The first-order chi connectivity index (χ1) is 13.8. The molecule has 0 spiro atoms. The minimum atomic E-state index is -3.95. The van der Waals surface area contributed by atoms with Crippen molar-refractivity contribution in [1.29, 1.82) is 0 Å². The molecule has 1 heterocycles. The Kier molecular flexibility index (Phi) is 5.19. The van der Waals surface area contributed by atoms with Crippen LogP contribution in [-0.2, 0) is 10.0 Å². The van der Waals surface area contributed by atoms with Crippen LogP contribution in [0.3, 0.4) is 0 Å². The van der Waals surface area contributed by atoms with Gasteiger partial charge in [0, 0.05) is 21.2 Å². The molecule has 0 radical (unpaired) electrons. The Morgan fingerprint density at radius 1 is 0.793 bits per heavy atom. The maximum Gasteiger partial charge on any atom is 0.240 e. The molecule has 8 heteroatoms. The predicted molar refractivity (Wildman–Crippen MR) is 116 cm³/mol. The monoisotopic (exact) mass is 443 g/mol. The van der Waals surface area contributed by atoms with Gasteiger partial charge < -0.3 is 0 Å². The van der Waals surface area contributed by atoms with Gasteiger partial charge in [0.25, 0.3) is 0 Å². The maximum atomic E-state index is 12.1. The Labute approximate surface area is 178 Å². The third-order valence-electron chi connectivity index (χ3n) is 4.39. The van der Waals surface area contributed by atoms with Gasteiger partial charge in [-0.2, -0.15) is 5.10 Å². The smallest absolute Gasteiger partial charge is 0.231 e. The van der Waals surface area contributed by atoms with Crippen molar-refractivity contribution in [3.8, 4) is 28.2 Å². The van der Waals surface area contributed by atoms with Gasteiger partial charge >= 0.3 is 0 Å². The largest absolute Gasteiger partial charge is 0.240 e. The quantitative estimate of drug-likeness (QED) is 0.472. The molecular weight excluding hydrogens is 429 g/mol.